The molecule has 0 bridgehead atoms. The molecule has 3 heterocycles. The Bertz CT molecular complexity index is 1250. The van der Waals surface area contributed by atoms with E-state index in [-0.39, 0.29) is 11.9 Å². The van der Waals surface area contributed by atoms with Gasteiger partial charge in [0.05, 0.1) is 20.3 Å². The van der Waals surface area contributed by atoms with Crippen molar-refractivity contribution >= 4 is 16.8 Å². The fourth-order valence-corrected chi connectivity index (χ4v) is 4.48. The normalized spacial score (nSPS) is 15.5. The summed E-state index contributed by atoms with van der Waals surface area (Å²) in [5.41, 5.74) is 4.94. The number of carbonyl (C=O) groups excluding carboxylic acids is 1. The predicted molar refractivity (Wildman–Crippen MR) is 119 cm³/mol. The Balaban J connectivity index is 1.62. The van der Waals surface area contributed by atoms with Crippen LogP contribution in [0.2, 0.25) is 0 Å². The number of nitrogens with one attached hydrogen (secondary N) is 1. The van der Waals surface area contributed by atoms with Crippen molar-refractivity contribution in [1.29, 1.82) is 0 Å². The summed E-state index contributed by atoms with van der Waals surface area (Å²) in [4.78, 5) is 23.5. The number of para-hydroxylation sites is 1. The molecule has 156 valence electrons. The van der Waals surface area contributed by atoms with E-state index in [1.54, 1.807) is 38.6 Å². The second-order valence-corrected chi connectivity index (χ2v) is 7.57. The molecule has 1 unspecified atom stereocenters. The van der Waals surface area contributed by atoms with E-state index >= 15 is 0 Å². The molecule has 0 radical (unpaired) electrons. The number of aromatic amines is 1. The zero-order chi connectivity index (χ0) is 21.4. The Labute approximate surface area is 180 Å². The van der Waals surface area contributed by atoms with Crippen LogP contribution in [0.3, 0.4) is 0 Å². The fraction of sp³-hybridized carbons (Fsp3) is 0.200. The van der Waals surface area contributed by atoms with E-state index in [9.17, 15) is 4.79 Å². The molecule has 0 spiro atoms. The van der Waals surface area contributed by atoms with E-state index in [0.29, 0.717) is 23.6 Å². The molecule has 5 rings (SSSR count). The molecule has 1 amide bonds. The van der Waals surface area contributed by atoms with Crippen molar-refractivity contribution in [3.8, 4) is 11.5 Å². The Morgan fingerprint density at radius 3 is 2.68 bits per heavy atom. The summed E-state index contributed by atoms with van der Waals surface area (Å²) in [6.45, 7) is 0.613. The maximum atomic E-state index is 13.7. The first-order valence-electron chi connectivity index (χ1n) is 10.2. The van der Waals surface area contributed by atoms with Crippen molar-refractivity contribution in [2.24, 2.45) is 0 Å². The minimum absolute atomic E-state index is 0.0564. The SMILES string of the molecule is COc1ccc(C(=O)N2CCc3c([nH]c4ccccc34)C2c2cccnc2)cc1OC. The average molecular weight is 413 g/mol. The number of hydrogen-bond acceptors (Lipinski definition) is 4. The van der Waals surface area contributed by atoms with Gasteiger partial charge < -0.3 is 19.4 Å². The molecule has 0 saturated heterocycles. The van der Waals surface area contributed by atoms with Gasteiger partial charge in [-0.3, -0.25) is 9.78 Å². The standard InChI is InChI=1S/C25H23N3O3/c1-30-21-10-9-16(14-22(21)31-2)25(29)28-13-11-19-18-7-3-4-8-20(18)27-23(19)24(28)17-6-5-12-26-15-17/h3-10,12,14-15,24,27H,11,13H2,1-2H3. The molecule has 1 N–H and O–H groups in total. The van der Waals surface area contributed by atoms with Gasteiger partial charge in [0.2, 0.25) is 0 Å². The quantitative estimate of drug-likeness (QED) is 0.540. The largest absolute Gasteiger partial charge is 0.493 e. The second kappa shape index (κ2) is 7.80. The van der Waals surface area contributed by atoms with Gasteiger partial charge in [0.25, 0.3) is 5.91 Å². The van der Waals surface area contributed by atoms with Crippen LogP contribution in [0.25, 0.3) is 10.9 Å². The van der Waals surface area contributed by atoms with Gasteiger partial charge in [-0.2, -0.15) is 0 Å². The van der Waals surface area contributed by atoms with Crippen molar-refractivity contribution < 1.29 is 14.3 Å². The Hall–Kier alpha value is -3.80. The number of ether oxygens (including phenoxy) is 2. The number of H-pyrrole nitrogens is 1. The first kappa shape index (κ1) is 19.2. The third-order valence-corrected chi connectivity index (χ3v) is 5.93. The summed E-state index contributed by atoms with van der Waals surface area (Å²) in [5.74, 6) is 1.08. The van der Waals surface area contributed by atoms with Crippen LogP contribution in [0.5, 0.6) is 11.5 Å². The van der Waals surface area contributed by atoms with Gasteiger partial charge in [0.15, 0.2) is 11.5 Å². The lowest BCUT2D eigenvalue weighted by atomic mass is 9.92. The molecule has 0 saturated carbocycles. The topological polar surface area (TPSA) is 67.5 Å². The number of amides is 1. The molecule has 0 fully saturated rings. The molecule has 4 aromatic rings. The monoisotopic (exact) mass is 413 g/mol. The smallest absolute Gasteiger partial charge is 0.254 e. The van der Waals surface area contributed by atoms with Crippen LogP contribution in [0.15, 0.2) is 67.0 Å². The van der Waals surface area contributed by atoms with E-state index < -0.39 is 0 Å². The highest BCUT2D eigenvalue weighted by Gasteiger charge is 2.35. The fourth-order valence-electron chi connectivity index (χ4n) is 4.48. The Morgan fingerprint density at radius 1 is 1.06 bits per heavy atom. The van der Waals surface area contributed by atoms with E-state index in [0.717, 1.165) is 23.2 Å². The Morgan fingerprint density at radius 2 is 1.90 bits per heavy atom. The maximum absolute atomic E-state index is 13.7. The van der Waals surface area contributed by atoms with Crippen LogP contribution < -0.4 is 9.47 Å². The average Bonchev–Trinajstić information content (AvgIpc) is 3.21. The lowest BCUT2D eigenvalue weighted by molar-refractivity contribution is 0.0691. The number of carbonyl (C=O) groups is 1. The summed E-state index contributed by atoms with van der Waals surface area (Å²) >= 11 is 0. The molecule has 31 heavy (non-hydrogen) atoms. The summed E-state index contributed by atoms with van der Waals surface area (Å²) in [6.07, 6.45) is 4.37. The van der Waals surface area contributed by atoms with Crippen molar-refractivity contribution in [3.05, 3.63) is 89.4 Å². The number of pyridine rings is 1. The molecular formula is C25H23N3O3. The maximum Gasteiger partial charge on any atom is 0.254 e. The van der Waals surface area contributed by atoms with E-state index in [1.165, 1.54) is 10.9 Å². The van der Waals surface area contributed by atoms with Gasteiger partial charge in [-0.15, -0.1) is 0 Å². The van der Waals surface area contributed by atoms with Crippen LogP contribution in [-0.4, -0.2) is 41.5 Å². The van der Waals surface area contributed by atoms with Crippen LogP contribution in [0.1, 0.15) is 33.2 Å². The molecule has 1 aliphatic heterocycles. The number of hydrogen-bond donors (Lipinski definition) is 1. The second-order valence-electron chi connectivity index (χ2n) is 7.57. The van der Waals surface area contributed by atoms with Crippen LogP contribution in [-0.2, 0) is 6.42 Å². The summed E-state index contributed by atoms with van der Waals surface area (Å²) in [6, 6.07) is 17.3. The molecule has 2 aromatic heterocycles. The minimum atomic E-state index is -0.245. The Kier molecular flexibility index (Phi) is 4.82. The van der Waals surface area contributed by atoms with Gasteiger partial charge in [0.1, 0.15) is 0 Å². The zero-order valence-electron chi connectivity index (χ0n) is 17.5. The van der Waals surface area contributed by atoms with Crippen molar-refractivity contribution in [1.82, 2.24) is 14.9 Å². The predicted octanol–water partition coefficient (Wildman–Crippen LogP) is 4.37. The first-order valence-corrected chi connectivity index (χ1v) is 10.2. The molecule has 0 aliphatic carbocycles. The van der Waals surface area contributed by atoms with Crippen molar-refractivity contribution in [2.45, 2.75) is 12.5 Å². The molecule has 1 aliphatic rings. The highest BCUT2D eigenvalue weighted by molar-refractivity contribution is 5.96. The lowest BCUT2D eigenvalue weighted by Crippen LogP contribution is -2.40. The van der Waals surface area contributed by atoms with Crippen molar-refractivity contribution in [2.75, 3.05) is 20.8 Å². The van der Waals surface area contributed by atoms with Crippen LogP contribution in [0.4, 0.5) is 0 Å². The van der Waals surface area contributed by atoms with E-state index in [4.69, 9.17) is 9.47 Å². The molecule has 2 aromatic carbocycles. The summed E-state index contributed by atoms with van der Waals surface area (Å²) in [5, 5.41) is 1.21. The molecule has 6 heteroatoms. The van der Waals surface area contributed by atoms with Gasteiger partial charge >= 0.3 is 0 Å². The van der Waals surface area contributed by atoms with Crippen LogP contribution in [0, 0.1) is 0 Å². The van der Waals surface area contributed by atoms with E-state index in [1.807, 2.05) is 29.3 Å². The molecule has 6 nitrogen and oxygen atoms in total. The van der Waals surface area contributed by atoms with Gasteiger partial charge in [-0.25, -0.2) is 0 Å². The zero-order valence-corrected chi connectivity index (χ0v) is 17.5. The highest BCUT2D eigenvalue weighted by Crippen LogP contribution is 2.39. The third kappa shape index (κ3) is 3.20. The summed E-state index contributed by atoms with van der Waals surface area (Å²) < 4.78 is 10.7. The number of methoxy groups -OCH3 is 2. The van der Waals surface area contributed by atoms with Gasteiger partial charge in [0, 0.05) is 41.1 Å². The van der Waals surface area contributed by atoms with Crippen LogP contribution >= 0.6 is 0 Å². The molecular weight excluding hydrogens is 390 g/mol. The van der Waals surface area contributed by atoms with Gasteiger partial charge in [-0.1, -0.05) is 24.3 Å². The number of aromatic nitrogens is 2. The highest BCUT2D eigenvalue weighted by atomic mass is 16.5. The van der Waals surface area contributed by atoms with E-state index in [2.05, 4.69) is 28.2 Å². The first-order chi connectivity index (χ1) is 15.2. The lowest BCUT2D eigenvalue weighted by Gasteiger charge is -2.36. The summed E-state index contributed by atoms with van der Waals surface area (Å²) in [7, 11) is 3.15. The minimum Gasteiger partial charge on any atom is -0.493 e. The number of nitrogens with zero attached hydrogens (tertiary/aromatic N) is 2. The number of fused-ring (bicyclic) bond motifs is 3. The van der Waals surface area contributed by atoms with Crippen molar-refractivity contribution in [3.63, 3.8) is 0 Å². The third-order valence-electron chi connectivity index (χ3n) is 5.93. The number of rotatable bonds is 4. The molecule has 1 atom stereocenters. The number of benzene rings is 2. The van der Waals surface area contributed by atoms with Gasteiger partial charge in [-0.05, 0) is 47.9 Å².